The molecule has 4 nitrogen and oxygen atoms in total. The Morgan fingerprint density at radius 2 is 2.00 bits per heavy atom. The number of rotatable bonds is 8. The van der Waals surface area contributed by atoms with Gasteiger partial charge in [0.15, 0.2) is 5.78 Å². The third kappa shape index (κ3) is 5.16. The van der Waals surface area contributed by atoms with Crippen LogP contribution in [0.1, 0.15) is 20.8 Å². The number of thioether (sulfide) groups is 1. The highest BCUT2D eigenvalue weighted by molar-refractivity contribution is 8.05. The number of hydrogen-bond donors (Lipinski definition) is 2. The zero-order valence-electron chi connectivity index (χ0n) is 11.6. The van der Waals surface area contributed by atoms with E-state index >= 15 is 0 Å². The Labute approximate surface area is 121 Å². The largest absolute Gasteiger partial charge is 0.398 e. The normalized spacial score (nSPS) is 14.1. The molecule has 0 aromatic carbocycles. The van der Waals surface area contributed by atoms with Gasteiger partial charge in [0.2, 0.25) is 6.41 Å². The number of alkyl halides is 2. The Kier molecular flexibility index (Phi) is 7.20. The van der Waals surface area contributed by atoms with Gasteiger partial charge in [-0.15, -0.1) is 0 Å². The van der Waals surface area contributed by atoms with E-state index in [1.54, 1.807) is 0 Å². The van der Waals surface area contributed by atoms with Gasteiger partial charge in [0, 0.05) is 19.0 Å². The lowest BCUT2D eigenvalue weighted by Gasteiger charge is -2.18. The zero-order chi connectivity index (χ0) is 15.9. The Bertz CT molecular complexity index is 465. The van der Waals surface area contributed by atoms with Crippen molar-refractivity contribution in [2.75, 3.05) is 6.54 Å². The number of nitrogens with two attached hydrogens (primary N) is 1. The second-order valence-corrected chi connectivity index (χ2v) is 5.05. The van der Waals surface area contributed by atoms with Crippen LogP contribution in [0.4, 0.5) is 8.78 Å². The number of nitrogens with one attached hydrogen (secondary N) is 1. The molecule has 0 heterocycles. The van der Waals surface area contributed by atoms with E-state index in [0.717, 1.165) is 6.92 Å². The number of carbonyl (C=O) groups excluding carboxylic acids is 2. The molecule has 1 amide bonds. The van der Waals surface area contributed by atoms with Gasteiger partial charge in [-0.2, -0.15) is 0 Å². The van der Waals surface area contributed by atoms with Crippen LogP contribution in [0, 0.1) is 0 Å². The van der Waals surface area contributed by atoms with Gasteiger partial charge >= 0.3 is 0 Å². The Hall–Kier alpha value is -1.63. The van der Waals surface area contributed by atoms with Crippen molar-refractivity contribution in [2.24, 2.45) is 5.73 Å². The van der Waals surface area contributed by atoms with Crippen molar-refractivity contribution in [3.05, 3.63) is 33.7 Å². The predicted octanol–water partition coefficient (Wildman–Crippen LogP) is 2.34. The number of hydrogen-bond acceptors (Lipinski definition) is 4. The quantitative estimate of drug-likeness (QED) is 0.410. The van der Waals surface area contributed by atoms with Crippen LogP contribution >= 0.6 is 11.8 Å². The zero-order valence-corrected chi connectivity index (χ0v) is 12.4. The van der Waals surface area contributed by atoms with E-state index in [0.29, 0.717) is 18.2 Å². The molecule has 0 radical (unpaired) electrons. The highest BCUT2D eigenvalue weighted by Gasteiger charge is 2.31. The molecule has 0 fully saturated rings. The minimum atomic E-state index is -3.15. The van der Waals surface area contributed by atoms with Crippen LogP contribution < -0.4 is 11.1 Å². The van der Waals surface area contributed by atoms with E-state index in [9.17, 15) is 18.4 Å². The summed E-state index contributed by atoms with van der Waals surface area (Å²) in [6.07, 6.45) is 0.421. The second kappa shape index (κ2) is 7.84. The Balaban J connectivity index is 5.89. The fourth-order valence-electron chi connectivity index (χ4n) is 1.48. The maximum absolute atomic E-state index is 13.5. The first-order valence-corrected chi connectivity index (χ1v) is 6.58. The molecule has 3 N–H and O–H groups in total. The van der Waals surface area contributed by atoms with Crippen LogP contribution in [0.25, 0.3) is 0 Å². The van der Waals surface area contributed by atoms with Crippen LogP contribution in [0.5, 0.6) is 0 Å². The van der Waals surface area contributed by atoms with Gasteiger partial charge < -0.3 is 11.1 Å². The molecule has 0 rings (SSSR count). The molecule has 0 saturated carbocycles. The minimum Gasteiger partial charge on any atom is -0.398 e. The van der Waals surface area contributed by atoms with Crippen LogP contribution in [0.2, 0.25) is 0 Å². The van der Waals surface area contributed by atoms with E-state index < -0.39 is 5.92 Å². The summed E-state index contributed by atoms with van der Waals surface area (Å²) < 4.78 is 27.0. The highest BCUT2D eigenvalue weighted by atomic mass is 32.2. The molecule has 0 aromatic rings. The Morgan fingerprint density at radius 1 is 1.45 bits per heavy atom. The third-order valence-electron chi connectivity index (χ3n) is 2.49. The lowest BCUT2D eigenvalue weighted by Crippen LogP contribution is -2.23. The summed E-state index contributed by atoms with van der Waals surface area (Å²) in [7, 11) is 0. The average Bonchev–Trinajstić information content (AvgIpc) is 2.33. The lowest BCUT2D eigenvalue weighted by atomic mass is 10.0. The standard InChI is InChI=1S/C13H18F2N2O2S/c1-5-20-12(13(4,14)15)11(16)8(2)10(9(3)19)6-17-7-18/h5,7H,1,6,16H2,2-4H3,(H,17,18)/b10-8-,12-11-. The molecule has 0 aromatic heterocycles. The van der Waals surface area contributed by atoms with Gasteiger partial charge in [-0.05, 0) is 24.8 Å². The topological polar surface area (TPSA) is 72.2 Å². The SMILES string of the molecule is C=CS/C(=C(N)/C(C)=C(/CNC=O)C(C)=O)C(C)(F)F. The number of allylic oxidation sites excluding steroid dienone is 2. The molecule has 7 heteroatoms. The van der Waals surface area contributed by atoms with Crippen molar-refractivity contribution in [1.82, 2.24) is 5.32 Å². The average molecular weight is 304 g/mol. The van der Waals surface area contributed by atoms with Gasteiger partial charge in [-0.25, -0.2) is 8.78 Å². The number of amides is 1. The van der Waals surface area contributed by atoms with Crippen LogP contribution in [0.3, 0.4) is 0 Å². The van der Waals surface area contributed by atoms with E-state index in [4.69, 9.17) is 5.73 Å². The summed E-state index contributed by atoms with van der Waals surface area (Å²) in [4.78, 5) is 21.4. The number of Topliss-reactive ketones (excluding diaryl/α,β-unsaturated/α-hetero) is 1. The molecule has 20 heavy (non-hydrogen) atoms. The molecule has 112 valence electrons. The van der Waals surface area contributed by atoms with Crippen LogP contribution in [0.15, 0.2) is 33.7 Å². The number of carbonyl (C=O) groups is 2. The molecule has 0 unspecified atom stereocenters. The summed E-state index contributed by atoms with van der Waals surface area (Å²) in [6, 6.07) is 0. The monoisotopic (exact) mass is 304 g/mol. The first-order chi connectivity index (χ1) is 9.16. The lowest BCUT2D eigenvalue weighted by molar-refractivity contribution is -0.113. The van der Waals surface area contributed by atoms with E-state index in [-0.39, 0.29) is 34.1 Å². The van der Waals surface area contributed by atoms with Gasteiger partial charge in [0.25, 0.3) is 5.92 Å². The van der Waals surface area contributed by atoms with Crippen molar-refractivity contribution in [3.8, 4) is 0 Å². The van der Waals surface area contributed by atoms with E-state index in [1.807, 2.05) is 0 Å². The molecule has 0 aliphatic heterocycles. The van der Waals surface area contributed by atoms with E-state index in [2.05, 4.69) is 11.9 Å². The van der Waals surface area contributed by atoms with Crippen molar-refractivity contribution < 1.29 is 18.4 Å². The molecule has 0 aliphatic rings. The molecular weight excluding hydrogens is 286 g/mol. The van der Waals surface area contributed by atoms with Crippen molar-refractivity contribution in [3.63, 3.8) is 0 Å². The van der Waals surface area contributed by atoms with Crippen molar-refractivity contribution in [1.29, 1.82) is 0 Å². The van der Waals surface area contributed by atoms with Gasteiger partial charge in [0.05, 0.1) is 10.6 Å². The van der Waals surface area contributed by atoms with Gasteiger partial charge in [0.1, 0.15) is 0 Å². The predicted molar refractivity (Wildman–Crippen MR) is 77.1 cm³/mol. The molecular formula is C13H18F2N2O2S. The van der Waals surface area contributed by atoms with Crippen LogP contribution in [-0.2, 0) is 9.59 Å². The fraction of sp³-hybridized carbons (Fsp3) is 0.385. The maximum atomic E-state index is 13.5. The second-order valence-electron chi connectivity index (χ2n) is 4.07. The number of ketones is 1. The summed E-state index contributed by atoms with van der Waals surface area (Å²) >= 11 is 0.706. The van der Waals surface area contributed by atoms with Crippen molar-refractivity contribution in [2.45, 2.75) is 26.7 Å². The smallest absolute Gasteiger partial charge is 0.278 e. The summed E-state index contributed by atoms with van der Waals surface area (Å²) in [5.74, 6) is -3.49. The van der Waals surface area contributed by atoms with Crippen molar-refractivity contribution >= 4 is 24.0 Å². The summed E-state index contributed by atoms with van der Waals surface area (Å²) in [5.41, 5.74) is 5.97. The number of halogens is 2. The first kappa shape index (κ1) is 18.4. The van der Waals surface area contributed by atoms with Crippen LogP contribution in [-0.4, -0.2) is 24.7 Å². The van der Waals surface area contributed by atoms with E-state index in [1.165, 1.54) is 19.3 Å². The molecule has 0 atom stereocenters. The maximum Gasteiger partial charge on any atom is 0.278 e. The summed E-state index contributed by atoms with van der Waals surface area (Å²) in [6.45, 7) is 6.79. The fourth-order valence-corrected chi connectivity index (χ4v) is 2.14. The molecule has 0 aliphatic carbocycles. The van der Waals surface area contributed by atoms with Gasteiger partial charge in [-0.3, -0.25) is 9.59 Å². The molecule has 0 spiro atoms. The molecule has 0 saturated heterocycles. The van der Waals surface area contributed by atoms with Gasteiger partial charge in [-0.1, -0.05) is 18.3 Å². The highest BCUT2D eigenvalue weighted by Crippen LogP contribution is 2.36. The first-order valence-electron chi connectivity index (χ1n) is 5.70. The Morgan fingerprint density at radius 3 is 2.35 bits per heavy atom. The minimum absolute atomic E-state index is 0.0628. The summed E-state index contributed by atoms with van der Waals surface area (Å²) in [5, 5.41) is 3.56. The third-order valence-corrected chi connectivity index (χ3v) is 3.47. The molecule has 0 bridgehead atoms.